The first-order chi connectivity index (χ1) is 11.9. The van der Waals surface area contributed by atoms with Crippen LogP contribution in [0.25, 0.3) is 0 Å². The van der Waals surface area contributed by atoms with Gasteiger partial charge in [-0.2, -0.15) is 0 Å². The fourth-order valence-corrected chi connectivity index (χ4v) is 2.29. The monoisotopic (exact) mass is 344 g/mol. The molecule has 0 saturated carbocycles. The highest BCUT2D eigenvalue weighted by Crippen LogP contribution is 2.16. The third-order valence-electron chi connectivity index (χ3n) is 3.46. The van der Waals surface area contributed by atoms with Crippen LogP contribution in [0.1, 0.15) is 30.1 Å². The minimum Gasteiger partial charge on any atom is -0.481 e. The van der Waals surface area contributed by atoms with Gasteiger partial charge in [-0.25, -0.2) is 4.68 Å². The summed E-state index contributed by atoms with van der Waals surface area (Å²) in [5, 5.41) is 26.7. The lowest BCUT2D eigenvalue weighted by atomic mass is 10.0. The minimum absolute atomic E-state index is 0.0617. The van der Waals surface area contributed by atoms with E-state index in [0.717, 1.165) is 5.56 Å². The number of nitrogens with one attached hydrogen (secondary N) is 2. The summed E-state index contributed by atoms with van der Waals surface area (Å²) in [6.45, 7) is -0.0734. The average molecular weight is 344 g/mol. The summed E-state index contributed by atoms with van der Waals surface area (Å²) in [5.41, 5.74) is 6.65. The Morgan fingerprint density at radius 2 is 2.04 bits per heavy atom. The molecule has 9 heteroatoms. The molecule has 0 aliphatic rings. The fourth-order valence-electron chi connectivity index (χ4n) is 2.29. The molecule has 0 aliphatic heterocycles. The fraction of sp³-hybridized carbons (Fsp3) is 0.312. The number of aromatic nitrogens is 3. The number of carbonyl (C=O) groups is 2. The molecule has 1 aromatic carbocycles. The van der Waals surface area contributed by atoms with Gasteiger partial charge in [0.1, 0.15) is 6.54 Å². The van der Waals surface area contributed by atoms with E-state index < -0.39 is 12.0 Å². The Labute approximate surface area is 144 Å². The van der Waals surface area contributed by atoms with Crippen molar-refractivity contribution >= 4 is 17.7 Å². The van der Waals surface area contributed by atoms with Gasteiger partial charge in [0.05, 0.1) is 24.0 Å². The molecular formula is C16H20N6O3. The third-order valence-corrected chi connectivity index (χ3v) is 3.46. The van der Waals surface area contributed by atoms with Crippen molar-refractivity contribution in [2.24, 2.45) is 5.73 Å². The number of aliphatic carboxylic acids is 1. The lowest BCUT2D eigenvalue weighted by molar-refractivity contribution is -0.137. The Kier molecular flexibility index (Phi) is 6.21. The van der Waals surface area contributed by atoms with Crippen molar-refractivity contribution in [1.82, 2.24) is 20.3 Å². The highest BCUT2D eigenvalue weighted by Gasteiger charge is 2.18. The van der Waals surface area contributed by atoms with Crippen LogP contribution in [0.4, 0.5) is 0 Å². The number of rotatable bonds is 9. The summed E-state index contributed by atoms with van der Waals surface area (Å²) in [6, 6.07) is 8.31. The molecule has 0 aliphatic carbocycles. The average Bonchev–Trinajstić information content (AvgIpc) is 3.00. The van der Waals surface area contributed by atoms with E-state index in [-0.39, 0.29) is 24.7 Å². The van der Waals surface area contributed by atoms with Crippen molar-refractivity contribution in [1.29, 1.82) is 5.41 Å². The molecule has 25 heavy (non-hydrogen) atoms. The van der Waals surface area contributed by atoms with E-state index in [1.54, 1.807) is 30.5 Å². The molecule has 1 aromatic heterocycles. The largest absolute Gasteiger partial charge is 0.481 e. The zero-order valence-corrected chi connectivity index (χ0v) is 13.6. The second kappa shape index (κ2) is 8.57. The van der Waals surface area contributed by atoms with E-state index in [0.29, 0.717) is 18.5 Å². The molecule has 1 heterocycles. The smallest absolute Gasteiger partial charge is 0.305 e. The predicted octanol–water partition coefficient (Wildman–Crippen LogP) is 0.479. The zero-order valence-electron chi connectivity index (χ0n) is 13.6. The van der Waals surface area contributed by atoms with E-state index in [9.17, 15) is 9.59 Å². The molecule has 1 amide bonds. The topological polar surface area (TPSA) is 147 Å². The molecule has 0 radical (unpaired) electrons. The van der Waals surface area contributed by atoms with Crippen LogP contribution in [0.2, 0.25) is 0 Å². The van der Waals surface area contributed by atoms with Gasteiger partial charge >= 0.3 is 5.97 Å². The maximum absolute atomic E-state index is 12.2. The molecule has 2 rings (SSSR count). The van der Waals surface area contributed by atoms with Gasteiger partial charge in [0.25, 0.3) is 0 Å². The number of benzene rings is 1. The van der Waals surface area contributed by atoms with Crippen molar-refractivity contribution < 1.29 is 14.7 Å². The van der Waals surface area contributed by atoms with Gasteiger partial charge < -0.3 is 16.2 Å². The minimum atomic E-state index is -0.999. The second-order valence-electron chi connectivity index (χ2n) is 5.56. The molecule has 0 unspecified atom stereocenters. The molecule has 0 bridgehead atoms. The summed E-state index contributed by atoms with van der Waals surface area (Å²) >= 11 is 0. The normalized spacial score (nSPS) is 11.7. The predicted molar refractivity (Wildman–Crippen MR) is 89.8 cm³/mol. The molecule has 0 fully saturated rings. The molecule has 1 atom stereocenters. The standard InChI is InChI=1S/C16H20N6O3/c17-14(18)7-6-12-9-22(21-20-12)10-15(23)19-13(8-16(24)25)11-4-2-1-3-5-11/h1-5,9,13H,6-8,10H2,(H3,17,18)(H,19,23)(H,24,25)/t13-/m1/s1. The Morgan fingerprint density at radius 1 is 1.32 bits per heavy atom. The van der Waals surface area contributed by atoms with Crippen LogP contribution in [0.15, 0.2) is 36.5 Å². The first-order valence-corrected chi connectivity index (χ1v) is 7.72. The maximum Gasteiger partial charge on any atom is 0.305 e. The Morgan fingerprint density at radius 3 is 2.68 bits per heavy atom. The lowest BCUT2D eigenvalue weighted by Crippen LogP contribution is -2.33. The number of nitrogens with two attached hydrogens (primary N) is 1. The van der Waals surface area contributed by atoms with Gasteiger partial charge in [0, 0.05) is 19.0 Å². The molecule has 2 aromatic rings. The summed E-state index contributed by atoms with van der Waals surface area (Å²) in [6.07, 6.45) is 2.25. The second-order valence-corrected chi connectivity index (χ2v) is 5.56. The van der Waals surface area contributed by atoms with Crippen LogP contribution in [0, 0.1) is 5.41 Å². The molecule has 0 saturated heterocycles. The summed E-state index contributed by atoms with van der Waals surface area (Å²) in [7, 11) is 0. The van der Waals surface area contributed by atoms with Crippen molar-refractivity contribution in [2.45, 2.75) is 31.8 Å². The summed E-state index contributed by atoms with van der Waals surface area (Å²) in [4.78, 5) is 23.3. The number of amidine groups is 1. The highest BCUT2D eigenvalue weighted by molar-refractivity contribution is 5.78. The first kappa shape index (κ1) is 18.1. The van der Waals surface area contributed by atoms with Crippen LogP contribution >= 0.6 is 0 Å². The van der Waals surface area contributed by atoms with Gasteiger partial charge in [-0.1, -0.05) is 35.5 Å². The van der Waals surface area contributed by atoms with Gasteiger partial charge in [0.2, 0.25) is 5.91 Å². The van der Waals surface area contributed by atoms with Crippen LogP contribution in [-0.2, 0) is 22.6 Å². The lowest BCUT2D eigenvalue weighted by Gasteiger charge is -2.17. The number of hydrogen-bond acceptors (Lipinski definition) is 5. The summed E-state index contributed by atoms with van der Waals surface area (Å²) < 4.78 is 1.37. The maximum atomic E-state index is 12.2. The number of carboxylic acid groups (broad SMARTS) is 1. The van der Waals surface area contributed by atoms with Crippen molar-refractivity contribution in [3.05, 3.63) is 47.8 Å². The van der Waals surface area contributed by atoms with Gasteiger partial charge in [-0.05, 0) is 5.56 Å². The number of aryl methyl sites for hydroxylation is 1. The zero-order chi connectivity index (χ0) is 18.2. The summed E-state index contributed by atoms with van der Waals surface area (Å²) in [5.74, 6) is -1.30. The van der Waals surface area contributed by atoms with E-state index >= 15 is 0 Å². The Hall–Kier alpha value is -3.23. The SMILES string of the molecule is N=C(N)CCc1cn(CC(=O)N[C@H](CC(=O)O)c2ccccc2)nn1. The van der Waals surface area contributed by atoms with Crippen LogP contribution < -0.4 is 11.1 Å². The molecule has 0 spiro atoms. The number of carboxylic acids is 1. The van der Waals surface area contributed by atoms with Crippen LogP contribution in [0.5, 0.6) is 0 Å². The number of nitrogens with zero attached hydrogens (tertiary/aromatic N) is 3. The third kappa shape index (κ3) is 6.05. The first-order valence-electron chi connectivity index (χ1n) is 7.72. The molecule has 9 nitrogen and oxygen atoms in total. The number of hydrogen-bond donors (Lipinski definition) is 4. The number of carbonyl (C=O) groups excluding carboxylic acids is 1. The van der Waals surface area contributed by atoms with Crippen LogP contribution in [-0.4, -0.2) is 37.8 Å². The molecule has 132 valence electrons. The molecular weight excluding hydrogens is 324 g/mol. The van der Waals surface area contributed by atoms with Gasteiger partial charge in [0.15, 0.2) is 0 Å². The van der Waals surface area contributed by atoms with E-state index in [1.165, 1.54) is 4.68 Å². The number of amides is 1. The van der Waals surface area contributed by atoms with E-state index in [1.807, 2.05) is 6.07 Å². The quantitative estimate of drug-likeness (QED) is 0.384. The van der Waals surface area contributed by atoms with Gasteiger partial charge in [-0.3, -0.25) is 15.0 Å². The van der Waals surface area contributed by atoms with E-state index in [4.69, 9.17) is 16.2 Å². The Bertz CT molecular complexity index is 743. The van der Waals surface area contributed by atoms with Crippen molar-refractivity contribution in [2.75, 3.05) is 0 Å². The molecule has 5 N–H and O–H groups in total. The van der Waals surface area contributed by atoms with Crippen LogP contribution in [0.3, 0.4) is 0 Å². The van der Waals surface area contributed by atoms with E-state index in [2.05, 4.69) is 15.6 Å². The van der Waals surface area contributed by atoms with Gasteiger partial charge in [-0.15, -0.1) is 5.10 Å². The Balaban J connectivity index is 1.97. The highest BCUT2D eigenvalue weighted by atomic mass is 16.4. The van der Waals surface area contributed by atoms with Crippen molar-refractivity contribution in [3.8, 4) is 0 Å². The van der Waals surface area contributed by atoms with Crippen molar-refractivity contribution in [3.63, 3.8) is 0 Å².